The fraction of sp³-hybridized carbons (Fsp3) is 0.130. The summed E-state index contributed by atoms with van der Waals surface area (Å²) in [5.74, 6) is -0.163. The van der Waals surface area contributed by atoms with E-state index in [1.54, 1.807) is 50.4 Å². The summed E-state index contributed by atoms with van der Waals surface area (Å²) in [5.41, 5.74) is 2.31. The molecule has 2 aromatic heterocycles. The van der Waals surface area contributed by atoms with Crippen molar-refractivity contribution in [1.82, 2.24) is 0 Å². The number of furan rings is 1. The number of hydrogen-bond acceptors (Lipinski definition) is 6. The minimum atomic E-state index is -0.513. The van der Waals surface area contributed by atoms with E-state index in [-0.39, 0.29) is 12.4 Å². The van der Waals surface area contributed by atoms with Gasteiger partial charge in [-0.1, -0.05) is 23.7 Å². The van der Waals surface area contributed by atoms with E-state index in [1.807, 2.05) is 17.5 Å². The van der Waals surface area contributed by atoms with Gasteiger partial charge in [-0.25, -0.2) is 4.79 Å². The summed E-state index contributed by atoms with van der Waals surface area (Å²) in [7, 11) is 1.59. The molecule has 0 aliphatic rings. The maximum Gasteiger partial charge on any atom is 0.341 e. The van der Waals surface area contributed by atoms with Crippen molar-refractivity contribution in [1.29, 1.82) is 0 Å². The summed E-state index contributed by atoms with van der Waals surface area (Å²) in [6, 6.07) is 14.0. The molecule has 4 rings (SSSR count). The van der Waals surface area contributed by atoms with Crippen LogP contribution in [0.15, 0.2) is 58.3 Å². The molecule has 0 saturated heterocycles. The molecule has 2 aromatic carbocycles. The van der Waals surface area contributed by atoms with E-state index in [0.717, 1.165) is 5.56 Å². The summed E-state index contributed by atoms with van der Waals surface area (Å²) in [4.78, 5) is 25.5. The monoisotopic (exact) mass is 455 g/mol. The first-order valence-corrected chi connectivity index (χ1v) is 10.7. The molecule has 158 valence electrons. The maximum atomic E-state index is 12.8. The molecule has 0 radical (unpaired) electrons. The van der Waals surface area contributed by atoms with Gasteiger partial charge in [-0.2, -0.15) is 0 Å². The highest BCUT2D eigenvalue weighted by Crippen LogP contribution is 2.37. The van der Waals surface area contributed by atoms with Crippen LogP contribution in [-0.4, -0.2) is 25.6 Å². The second kappa shape index (κ2) is 8.83. The third-order valence-corrected chi connectivity index (χ3v) is 5.73. The van der Waals surface area contributed by atoms with Gasteiger partial charge in [0, 0.05) is 21.4 Å². The van der Waals surface area contributed by atoms with Crippen molar-refractivity contribution in [3.8, 4) is 16.9 Å². The SMILES string of the molecule is CCOC(=O)c1c(-c2ccc(OC)cc2)csc1NC(=O)c1cc2cc(Cl)ccc2o1. The third-order valence-electron chi connectivity index (χ3n) is 4.60. The number of fused-ring (bicyclic) bond motifs is 1. The van der Waals surface area contributed by atoms with Gasteiger partial charge in [-0.15, -0.1) is 11.3 Å². The number of ether oxygens (including phenoxy) is 2. The highest BCUT2D eigenvalue weighted by atomic mass is 35.5. The first-order chi connectivity index (χ1) is 15.0. The zero-order valence-electron chi connectivity index (χ0n) is 16.7. The molecule has 1 amide bonds. The minimum absolute atomic E-state index is 0.117. The maximum absolute atomic E-state index is 12.8. The molecule has 0 saturated carbocycles. The van der Waals surface area contributed by atoms with Crippen molar-refractivity contribution in [2.75, 3.05) is 19.0 Å². The summed E-state index contributed by atoms with van der Waals surface area (Å²) < 4.78 is 16.1. The lowest BCUT2D eigenvalue weighted by Gasteiger charge is -2.08. The van der Waals surface area contributed by atoms with Crippen molar-refractivity contribution in [2.24, 2.45) is 0 Å². The zero-order valence-corrected chi connectivity index (χ0v) is 18.3. The molecule has 0 fully saturated rings. The van der Waals surface area contributed by atoms with Crippen molar-refractivity contribution >= 4 is 50.8 Å². The topological polar surface area (TPSA) is 77.8 Å². The van der Waals surface area contributed by atoms with E-state index in [4.69, 9.17) is 25.5 Å². The molecule has 0 bridgehead atoms. The Morgan fingerprint density at radius 2 is 1.90 bits per heavy atom. The fourth-order valence-corrected chi connectivity index (χ4v) is 4.26. The molecule has 4 aromatic rings. The second-order valence-electron chi connectivity index (χ2n) is 6.55. The minimum Gasteiger partial charge on any atom is -0.497 e. The lowest BCUT2D eigenvalue weighted by Crippen LogP contribution is -2.14. The van der Waals surface area contributed by atoms with E-state index in [1.165, 1.54) is 11.3 Å². The van der Waals surface area contributed by atoms with Crippen LogP contribution in [0.5, 0.6) is 5.75 Å². The normalized spacial score (nSPS) is 10.8. The van der Waals surface area contributed by atoms with Crippen LogP contribution in [0.25, 0.3) is 22.1 Å². The average Bonchev–Trinajstić information content (AvgIpc) is 3.38. The van der Waals surface area contributed by atoms with Crippen molar-refractivity contribution in [3.63, 3.8) is 0 Å². The lowest BCUT2D eigenvalue weighted by molar-refractivity contribution is 0.0529. The summed E-state index contributed by atoms with van der Waals surface area (Å²) in [6.45, 7) is 1.95. The van der Waals surface area contributed by atoms with E-state index in [9.17, 15) is 9.59 Å². The Labute approximate surface area is 187 Å². The molecule has 0 unspecified atom stereocenters. The van der Waals surface area contributed by atoms with Crippen LogP contribution in [0.4, 0.5) is 5.00 Å². The number of halogens is 1. The molecule has 2 heterocycles. The van der Waals surface area contributed by atoms with E-state index >= 15 is 0 Å². The molecule has 0 spiro atoms. The van der Waals surface area contributed by atoms with Gasteiger partial charge in [0.2, 0.25) is 0 Å². The van der Waals surface area contributed by atoms with Gasteiger partial charge in [0.25, 0.3) is 5.91 Å². The van der Waals surface area contributed by atoms with Crippen LogP contribution in [0.2, 0.25) is 5.02 Å². The first kappa shape index (κ1) is 21.0. The van der Waals surface area contributed by atoms with Crippen LogP contribution >= 0.6 is 22.9 Å². The predicted octanol–water partition coefficient (Wildman–Crippen LogP) is 6.25. The van der Waals surface area contributed by atoms with Gasteiger partial charge >= 0.3 is 5.97 Å². The summed E-state index contributed by atoms with van der Waals surface area (Å²) in [6.07, 6.45) is 0. The van der Waals surface area contributed by atoms with Crippen LogP contribution in [0.3, 0.4) is 0 Å². The first-order valence-electron chi connectivity index (χ1n) is 9.43. The Morgan fingerprint density at radius 1 is 1.13 bits per heavy atom. The van der Waals surface area contributed by atoms with Gasteiger partial charge in [0.1, 0.15) is 21.9 Å². The van der Waals surface area contributed by atoms with Crippen molar-refractivity contribution in [2.45, 2.75) is 6.92 Å². The number of benzene rings is 2. The molecule has 8 heteroatoms. The molecule has 0 aliphatic carbocycles. The molecule has 6 nitrogen and oxygen atoms in total. The highest BCUT2D eigenvalue weighted by molar-refractivity contribution is 7.15. The number of hydrogen-bond donors (Lipinski definition) is 1. The number of anilines is 1. The summed E-state index contributed by atoms with van der Waals surface area (Å²) in [5, 5.41) is 6.24. The number of rotatable bonds is 6. The number of nitrogens with one attached hydrogen (secondary N) is 1. The molecular weight excluding hydrogens is 438 g/mol. The van der Waals surface area contributed by atoms with Crippen LogP contribution < -0.4 is 10.1 Å². The average molecular weight is 456 g/mol. The number of carbonyl (C=O) groups excluding carboxylic acids is 2. The summed E-state index contributed by atoms with van der Waals surface area (Å²) >= 11 is 7.24. The van der Waals surface area contributed by atoms with Crippen LogP contribution in [-0.2, 0) is 4.74 Å². The molecule has 31 heavy (non-hydrogen) atoms. The largest absolute Gasteiger partial charge is 0.497 e. The molecule has 0 aliphatic heterocycles. The lowest BCUT2D eigenvalue weighted by atomic mass is 10.0. The van der Waals surface area contributed by atoms with Gasteiger partial charge in [-0.05, 0) is 48.9 Å². The predicted molar refractivity (Wildman–Crippen MR) is 121 cm³/mol. The number of amides is 1. The van der Waals surface area contributed by atoms with E-state index in [0.29, 0.717) is 37.9 Å². The van der Waals surface area contributed by atoms with E-state index < -0.39 is 11.9 Å². The Hall–Kier alpha value is -3.29. The Bertz CT molecular complexity index is 1260. The smallest absolute Gasteiger partial charge is 0.341 e. The van der Waals surface area contributed by atoms with Crippen molar-refractivity contribution in [3.05, 3.63) is 70.3 Å². The van der Waals surface area contributed by atoms with Crippen LogP contribution in [0.1, 0.15) is 27.8 Å². The third kappa shape index (κ3) is 4.28. The molecule has 1 N–H and O–H groups in total. The number of carbonyl (C=O) groups is 2. The number of methoxy groups -OCH3 is 1. The zero-order chi connectivity index (χ0) is 22.0. The van der Waals surface area contributed by atoms with E-state index in [2.05, 4.69) is 5.32 Å². The standard InChI is InChI=1S/C23H18ClNO5S/c1-3-29-23(27)20-17(13-4-7-16(28-2)8-5-13)12-31-22(20)25-21(26)19-11-14-10-15(24)6-9-18(14)30-19/h4-12H,3H2,1-2H3,(H,25,26). The van der Waals surface area contributed by atoms with Gasteiger partial charge in [0.15, 0.2) is 5.76 Å². The molecular formula is C23H18ClNO5S. The Balaban J connectivity index is 1.68. The quantitative estimate of drug-likeness (QED) is 0.347. The highest BCUT2D eigenvalue weighted by Gasteiger charge is 2.24. The van der Waals surface area contributed by atoms with Gasteiger partial charge in [0.05, 0.1) is 13.7 Å². The van der Waals surface area contributed by atoms with Gasteiger partial charge < -0.3 is 19.2 Å². The Morgan fingerprint density at radius 3 is 2.61 bits per heavy atom. The molecule has 0 atom stereocenters. The van der Waals surface area contributed by atoms with Gasteiger partial charge in [-0.3, -0.25) is 4.79 Å². The number of esters is 1. The fourth-order valence-electron chi connectivity index (χ4n) is 3.13. The van der Waals surface area contributed by atoms with Crippen LogP contribution in [0, 0.1) is 0 Å². The second-order valence-corrected chi connectivity index (χ2v) is 7.87. The number of thiophene rings is 1. The Kier molecular flexibility index (Phi) is 5.97. The van der Waals surface area contributed by atoms with Crippen molar-refractivity contribution < 1.29 is 23.5 Å².